The number of nitrogens with one attached hydrogen (secondary N) is 1. The zero-order valence-corrected chi connectivity index (χ0v) is 9.80. The topological polar surface area (TPSA) is 42.0 Å². The normalized spacial score (nSPS) is 10.3. The van der Waals surface area contributed by atoms with Crippen molar-refractivity contribution in [2.75, 3.05) is 6.54 Å². The Morgan fingerprint density at radius 3 is 3.12 bits per heavy atom. The summed E-state index contributed by atoms with van der Waals surface area (Å²) in [5.74, 6) is -0.0710. The van der Waals surface area contributed by atoms with E-state index in [2.05, 4.69) is 16.9 Å². The lowest BCUT2D eigenvalue weighted by Crippen LogP contribution is -2.24. The molecule has 1 heterocycles. The minimum Gasteiger partial charge on any atom is -0.348 e. The minimum absolute atomic E-state index is 0.0710. The predicted molar refractivity (Wildman–Crippen MR) is 66.8 cm³/mol. The maximum atomic E-state index is 11.7. The lowest BCUT2D eigenvalue weighted by atomic mass is 10.2. The van der Waals surface area contributed by atoms with E-state index in [0.29, 0.717) is 12.1 Å². The molecule has 1 amide bonds. The second-order valence-electron chi connectivity index (χ2n) is 3.67. The molecule has 0 saturated heterocycles. The smallest absolute Gasteiger partial charge is 0.251 e. The van der Waals surface area contributed by atoms with E-state index < -0.39 is 0 Å². The third-order valence-corrected chi connectivity index (χ3v) is 2.94. The Hall–Kier alpha value is -1.68. The zero-order valence-electron chi connectivity index (χ0n) is 8.99. The van der Waals surface area contributed by atoms with E-state index in [0.717, 1.165) is 15.8 Å². The molecular weight excluding hydrogens is 220 g/mol. The van der Waals surface area contributed by atoms with Crippen LogP contribution >= 0.6 is 11.3 Å². The Labute approximate surface area is 97.8 Å². The van der Waals surface area contributed by atoms with Crippen molar-refractivity contribution in [2.24, 2.45) is 0 Å². The number of thiazole rings is 1. The maximum absolute atomic E-state index is 11.7. The van der Waals surface area contributed by atoms with Crippen LogP contribution in [-0.2, 0) is 0 Å². The van der Waals surface area contributed by atoms with Crippen LogP contribution in [0, 0.1) is 0 Å². The quantitative estimate of drug-likeness (QED) is 0.826. The van der Waals surface area contributed by atoms with Gasteiger partial charge in [0.25, 0.3) is 5.91 Å². The fraction of sp³-hybridized carbons (Fsp3) is 0.167. The van der Waals surface area contributed by atoms with E-state index in [-0.39, 0.29) is 5.91 Å². The molecule has 0 atom stereocenters. The number of amides is 1. The Bertz CT molecular complexity index is 545. The Morgan fingerprint density at radius 2 is 2.38 bits per heavy atom. The van der Waals surface area contributed by atoms with Crippen molar-refractivity contribution in [2.45, 2.75) is 6.92 Å². The van der Waals surface area contributed by atoms with Crippen molar-refractivity contribution in [1.82, 2.24) is 10.3 Å². The number of aromatic nitrogens is 1. The van der Waals surface area contributed by atoms with Gasteiger partial charge in [-0.25, -0.2) is 4.98 Å². The molecule has 1 N–H and O–H groups in total. The molecular formula is C12H12N2OS. The van der Waals surface area contributed by atoms with Gasteiger partial charge in [-0.1, -0.05) is 12.2 Å². The number of rotatable bonds is 3. The third kappa shape index (κ3) is 2.28. The summed E-state index contributed by atoms with van der Waals surface area (Å²) in [6.45, 7) is 6.13. The van der Waals surface area contributed by atoms with Gasteiger partial charge in [0.1, 0.15) is 0 Å². The molecule has 16 heavy (non-hydrogen) atoms. The van der Waals surface area contributed by atoms with Crippen LogP contribution in [0.2, 0.25) is 0 Å². The highest BCUT2D eigenvalue weighted by Crippen LogP contribution is 2.18. The van der Waals surface area contributed by atoms with Gasteiger partial charge in [0, 0.05) is 12.1 Å². The second kappa shape index (κ2) is 4.45. The number of hydrogen-bond acceptors (Lipinski definition) is 3. The molecule has 0 radical (unpaired) electrons. The highest BCUT2D eigenvalue weighted by molar-refractivity contribution is 7.16. The van der Waals surface area contributed by atoms with E-state index in [1.807, 2.05) is 19.1 Å². The minimum atomic E-state index is -0.0710. The summed E-state index contributed by atoms with van der Waals surface area (Å²) in [6, 6.07) is 5.51. The molecule has 0 spiro atoms. The van der Waals surface area contributed by atoms with Gasteiger partial charge in [-0.3, -0.25) is 4.79 Å². The molecule has 0 aliphatic heterocycles. The van der Waals surface area contributed by atoms with Crippen LogP contribution in [0.1, 0.15) is 17.3 Å². The summed E-state index contributed by atoms with van der Waals surface area (Å²) >= 11 is 1.53. The average molecular weight is 232 g/mol. The molecule has 4 heteroatoms. The molecule has 0 fully saturated rings. The number of carbonyl (C=O) groups excluding carboxylic acids is 1. The van der Waals surface area contributed by atoms with E-state index in [4.69, 9.17) is 0 Å². The Kier molecular flexibility index (Phi) is 3.01. The van der Waals surface area contributed by atoms with Crippen molar-refractivity contribution in [1.29, 1.82) is 0 Å². The van der Waals surface area contributed by atoms with Gasteiger partial charge in [-0.05, 0) is 25.1 Å². The Balaban J connectivity index is 2.19. The third-order valence-electron chi connectivity index (χ3n) is 2.14. The number of nitrogens with zero attached hydrogens (tertiary/aromatic N) is 1. The molecule has 0 aliphatic rings. The monoisotopic (exact) mass is 232 g/mol. The number of fused-ring (bicyclic) bond motifs is 1. The molecule has 1 aromatic carbocycles. The first-order chi connectivity index (χ1) is 7.66. The van der Waals surface area contributed by atoms with Crippen LogP contribution < -0.4 is 5.32 Å². The van der Waals surface area contributed by atoms with Crippen LogP contribution in [0.3, 0.4) is 0 Å². The van der Waals surface area contributed by atoms with Gasteiger partial charge in [-0.15, -0.1) is 11.3 Å². The van der Waals surface area contributed by atoms with Crippen molar-refractivity contribution >= 4 is 27.5 Å². The van der Waals surface area contributed by atoms with Crippen LogP contribution in [0.15, 0.2) is 35.9 Å². The summed E-state index contributed by atoms with van der Waals surface area (Å²) in [4.78, 5) is 15.9. The first-order valence-electron chi connectivity index (χ1n) is 4.92. The lowest BCUT2D eigenvalue weighted by molar-refractivity contribution is 0.0957. The van der Waals surface area contributed by atoms with E-state index in [1.165, 1.54) is 11.3 Å². The Morgan fingerprint density at radius 1 is 1.56 bits per heavy atom. The summed E-state index contributed by atoms with van der Waals surface area (Å²) in [7, 11) is 0. The first kappa shape index (κ1) is 10.8. The second-order valence-corrected chi connectivity index (χ2v) is 4.56. The van der Waals surface area contributed by atoms with Gasteiger partial charge in [0.05, 0.1) is 15.7 Å². The van der Waals surface area contributed by atoms with Crippen molar-refractivity contribution < 1.29 is 4.79 Å². The van der Waals surface area contributed by atoms with E-state index in [9.17, 15) is 4.79 Å². The molecule has 0 bridgehead atoms. The van der Waals surface area contributed by atoms with Gasteiger partial charge in [0.2, 0.25) is 0 Å². The van der Waals surface area contributed by atoms with E-state index >= 15 is 0 Å². The van der Waals surface area contributed by atoms with Gasteiger partial charge in [-0.2, -0.15) is 0 Å². The van der Waals surface area contributed by atoms with Gasteiger partial charge >= 0.3 is 0 Å². The number of carbonyl (C=O) groups is 1. The summed E-state index contributed by atoms with van der Waals surface area (Å²) in [5.41, 5.74) is 4.31. The number of benzene rings is 1. The fourth-order valence-electron chi connectivity index (χ4n) is 1.33. The molecule has 0 saturated carbocycles. The van der Waals surface area contributed by atoms with Crippen molar-refractivity contribution in [3.8, 4) is 0 Å². The van der Waals surface area contributed by atoms with Gasteiger partial charge in [0.15, 0.2) is 0 Å². The average Bonchev–Trinajstić information content (AvgIpc) is 2.72. The number of hydrogen-bond donors (Lipinski definition) is 1. The molecule has 0 aliphatic carbocycles. The summed E-state index contributed by atoms with van der Waals surface area (Å²) in [5, 5.41) is 2.80. The summed E-state index contributed by atoms with van der Waals surface area (Å²) < 4.78 is 1.03. The predicted octanol–water partition coefficient (Wildman–Crippen LogP) is 2.60. The summed E-state index contributed by atoms with van der Waals surface area (Å²) in [6.07, 6.45) is 0. The highest BCUT2D eigenvalue weighted by atomic mass is 32.1. The highest BCUT2D eigenvalue weighted by Gasteiger charge is 2.06. The van der Waals surface area contributed by atoms with Crippen molar-refractivity contribution in [3.05, 3.63) is 41.4 Å². The largest absolute Gasteiger partial charge is 0.348 e. The lowest BCUT2D eigenvalue weighted by Gasteiger charge is -2.04. The van der Waals surface area contributed by atoms with Gasteiger partial charge < -0.3 is 5.32 Å². The first-order valence-corrected chi connectivity index (χ1v) is 5.80. The maximum Gasteiger partial charge on any atom is 0.251 e. The van der Waals surface area contributed by atoms with Crippen LogP contribution in [-0.4, -0.2) is 17.4 Å². The molecule has 2 rings (SSSR count). The molecule has 0 unspecified atom stereocenters. The molecule has 2 aromatic rings. The van der Waals surface area contributed by atoms with Crippen LogP contribution in [0.25, 0.3) is 10.2 Å². The molecule has 3 nitrogen and oxygen atoms in total. The molecule has 82 valence electrons. The zero-order chi connectivity index (χ0) is 11.5. The fourth-order valence-corrected chi connectivity index (χ4v) is 2.05. The van der Waals surface area contributed by atoms with Crippen molar-refractivity contribution in [3.63, 3.8) is 0 Å². The standard InChI is InChI=1S/C12H12N2OS/c1-8(2)6-13-12(15)9-3-4-10-11(5-9)16-7-14-10/h3-5,7H,1,6H2,2H3,(H,13,15). The molecule has 1 aromatic heterocycles. The van der Waals surface area contributed by atoms with Crippen LogP contribution in [0.5, 0.6) is 0 Å². The SMILES string of the molecule is C=C(C)CNC(=O)c1ccc2ncsc2c1. The van der Waals surface area contributed by atoms with E-state index in [1.54, 1.807) is 11.6 Å². The van der Waals surface area contributed by atoms with Crippen LogP contribution in [0.4, 0.5) is 0 Å².